The van der Waals surface area contributed by atoms with E-state index in [2.05, 4.69) is 4.98 Å². The quantitative estimate of drug-likeness (QED) is 0.872. The maximum atomic E-state index is 11.8. The molecule has 0 saturated heterocycles. The number of carbonyl (C=O) groups excluding carboxylic acids is 1. The van der Waals surface area contributed by atoms with E-state index in [0.29, 0.717) is 0 Å². The van der Waals surface area contributed by atoms with Gasteiger partial charge in [0.15, 0.2) is 0 Å². The fraction of sp³-hybridized carbons (Fsp3) is 0.417. The molecule has 0 aliphatic carbocycles. The van der Waals surface area contributed by atoms with Crippen LogP contribution in [0, 0.1) is 0 Å². The van der Waals surface area contributed by atoms with Crippen molar-refractivity contribution in [3.63, 3.8) is 0 Å². The summed E-state index contributed by atoms with van der Waals surface area (Å²) in [7, 11) is 1.44. The number of rotatable bonds is 2. The van der Waals surface area contributed by atoms with Crippen molar-refractivity contribution in [2.75, 3.05) is 11.9 Å². The van der Waals surface area contributed by atoms with E-state index in [1.807, 2.05) is 0 Å². The molecule has 0 aliphatic rings. The number of hydrogen-bond donors (Lipinski definition) is 1. The average molecular weight is 252 g/mol. The molecule has 0 aliphatic heterocycles. The molecule has 1 amide bonds. The first-order chi connectivity index (χ1) is 8.22. The highest BCUT2D eigenvalue weighted by atomic mass is 16.6. The monoisotopic (exact) mass is 252 g/mol. The van der Waals surface area contributed by atoms with E-state index in [-0.39, 0.29) is 11.3 Å². The lowest BCUT2D eigenvalue weighted by Crippen LogP contribution is -2.35. The molecule has 18 heavy (non-hydrogen) atoms. The van der Waals surface area contributed by atoms with Gasteiger partial charge in [-0.1, -0.05) is 0 Å². The summed E-state index contributed by atoms with van der Waals surface area (Å²) in [6, 6.07) is 1.33. The summed E-state index contributed by atoms with van der Waals surface area (Å²) >= 11 is 0. The van der Waals surface area contributed by atoms with Crippen molar-refractivity contribution in [1.29, 1.82) is 0 Å². The minimum Gasteiger partial charge on any atom is -0.478 e. The normalized spacial score (nSPS) is 10.9. The van der Waals surface area contributed by atoms with Crippen LogP contribution in [0.4, 0.5) is 10.5 Å². The van der Waals surface area contributed by atoms with Gasteiger partial charge in [0.2, 0.25) is 0 Å². The van der Waals surface area contributed by atoms with Gasteiger partial charge < -0.3 is 9.84 Å². The van der Waals surface area contributed by atoms with Gasteiger partial charge >= 0.3 is 12.1 Å². The third kappa shape index (κ3) is 3.44. The summed E-state index contributed by atoms with van der Waals surface area (Å²) in [5.41, 5.74) is -0.450. The molecule has 1 heterocycles. The highest BCUT2D eigenvalue weighted by Gasteiger charge is 2.23. The summed E-state index contributed by atoms with van der Waals surface area (Å²) in [6.45, 7) is 5.21. The third-order valence-electron chi connectivity index (χ3n) is 2.06. The SMILES string of the molecule is CN(C(=O)OC(C)(C)C)c1cnccc1C(=O)O. The predicted molar refractivity (Wildman–Crippen MR) is 65.8 cm³/mol. The average Bonchev–Trinajstić information content (AvgIpc) is 2.25. The molecule has 6 heteroatoms. The topological polar surface area (TPSA) is 79.7 Å². The molecule has 0 bridgehead atoms. The highest BCUT2D eigenvalue weighted by Crippen LogP contribution is 2.20. The van der Waals surface area contributed by atoms with Crippen molar-refractivity contribution in [2.24, 2.45) is 0 Å². The van der Waals surface area contributed by atoms with Crippen molar-refractivity contribution in [2.45, 2.75) is 26.4 Å². The van der Waals surface area contributed by atoms with E-state index >= 15 is 0 Å². The third-order valence-corrected chi connectivity index (χ3v) is 2.06. The van der Waals surface area contributed by atoms with Crippen LogP contribution in [0.2, 0.25) is 0 Å². The van der Waals surface area contributed by atoms with Crippen LogP contribution in [0.25, 0.3) is 0 Å². The molecule has 1 aromatic rings. The zero-order valence-electron chi connectivity index (χ0n) is 10.8. The van der Waals surface area contributed by atoms with Gasteiger partial charge in [-0.3, -0.25) is 9.88 Å². The number of hydrogen-bond acceptors (Lipinski definition) is 4. The van der Waals surface area contributed by atoms with Gasteiger partial charge in [-0.05, 0) is 26.8 Å². The van der Waals surface area contributed by atoms with Gasteiger partial charge in [-0.15, -0.1) is 0 Å². The maximum absolute atomic E-state index is 11.8. The van der Waals surface area contributed by atoms with Crippen LogP contribution in [0.15, 0.2) is 18.5 Å². The van der Waals surface area contributed by atoms with E-state index in [9.17, 15) is 9.59 Å². The maximum Gasteiger partial charge on any atom is 0.414 e. The minimum absolute atomic E-state index is 0.00152. The summed E-state index contributed by atoms with van der Waals surface area (Å²) in [6.07, 6.45) is 2.04. The van der Waals surface area contributed by atoms with Crippen molar-refractivity contribution in [1.82, 2.24) is 4.98 Å². The number of aromatic nitrogens is 1. The number of ether oxygens (including phenoxy) is 1. The van der Waals surface area contributed by atoms with Gasteiger partial charge in [-0.2, -0.15) is 0 Å². The van der Waals surface area contributed by atoms with Crippen molar-refractivity contribution in [3.05, 3.63) is 24.0 Å². The number of pyridine rings is 1. The Bertz CT molecular complexity index is 465. The molecule has 0 radical (unpaired) electrons. The van der Waals surface area contributed by atoms with Gasteiger partial charge in [0.1, 0.15) is 5.60 Å². The summed E-state index contributed by atoms with van der Waals surface area (Å²) in [4.78, 5) is 27.8. The van der Waals surface area contributed by atoms with Crippen molar-refractivity contribution in [3.8, 4) is 0 Å². The zero-order chi connectivity index (χ0) is 13.9. The first-order valence-corrected chi connectivity index (χ1v) is 5.36. The summed E-state index contributed by atoms with van der Waals surface area (Å²) in [5, 5.41) is 9.02. The Balaban J connectivity index is 3.00. The van der Waals surface area contributed by atoms with Crippen LogP contribution in [0.3, 0.4) is 0 Å². The van der Waals surface area contributed by atoms with E-state index in [4.69, 9.17) is 9.84 Å². The predicted octanol–water partition coefficient (Wildman–Crippen LogP) is 2.15. The molecule has 0 fully saturated rings. The fourth-order valence-corrected chi connectivity index (χ4v) is 1.26. The first kappa shape index (κ1) is 14.0. The van der Waals surface area contributed by atoms with E-state index in [1.165, 1.54) is 25.5 Å². The van der Waals surface area contributed by atoms with E-state index in [1.54, 1.807) is 20.8 Å². The molecule has 1 aromatic heterocycles. The fourth-order valence-electron chi connectivity index (χ4n) is 1.26. The minimum atomic E-state index is -1.12. The summed E-state index contributed by atoms with van der Waals surface area (Å²) in [5.74, 6) is -1.12. The Morgan fingerprint density at radius 2 is 2.00 bits per heavy atom. The molecule has 6 nitrogen and oxygen atoms in total. The Kier molecular flexibility index (Phi) is 3.90. The number of nitrogens with zero attached hydrogens (tertiary/aromatic N) is 2. The second kappa shape index (κ2) is 5.03. The van der Waals surface area contributed by atoms with Gasteiger partial charge in [0, 0.05) is 13.2 Å². The lowest BCUT2D eigenvalue weighted by atomic mass is 10.2. The zero-order valence-corrected chi connectivity index (χ0v) is 10.8. The standard InChI is InChI=1S/C12H16N2O4/c1-12(2,3)18-11(17)14(4)9-7-13-6-5-8(9)10(15)16/h5-7H,1-4H3,(H,15,16). The molecule has 98 valence electrons. The van der Waals surface area contributed by atoms with Crippen LogP contribution in [0.1, 0.15) is 31.1 Å². The van der Waals surface area contributed by atoms with Crippen LogP contribution >= 0.6 is 0 Å². The molecule has 1 rings (SSSR count). The van der Waals surface area contributed by atoms with Crippen LogP contribution in [-0.2, 0) is 4.74 Å². The number of anilines is 1. The molecule has 0 atom stereocenters. The largest absolute Gasteiger partial charge is 0.478 e. The highest BCUT2D eigenvalue weighted by molar-refractivity contribution is 5.99. The van der Waals surface area contributed by atoms with Gasteiger partial charge in [0.05, 0.1) is 17.4 Å². The molecule has 0 spiro atoms. The molecular formula is C12H16N2O4. The first-order valence-electron chi connectivity index (χ1n) is 5.36. The Morgan fingerprint density at radius 3 is 2.50 bits per heavy atom. The van der Waals surface area contributed by atoms with Crippen LogP contribution in [0.5, 0.6) is 0 Å². The lowest BCUT2D eigenvalue weighted by Gasteiger charge is -2.25. The Labute approximate surface area is 105 Å². The Morgan fingerprint density at radius 1 is 1.39 bits per heavy atom. The number of amides is 1. The number of carbonyl (C=O) groups is 2. The molecule has 0 aromatic carbocycles. The molecule has 1 N–H and O–H groups in total. The molecule has 0 unspecified atom stereocenters. The van der Waals surface area contributed by atoms with Crippen LogP contribution < -0.4 is 4.90 Å². The molecular weight excluding hydrogens is 236 g/mol. The van der Waals surface area contributed by atoms with Gasteiger partial charge in [0.25, 0.3) is 0 Å². The smallest absolute Gasteiger partial charge is 0.414 e. The van der Waals surface area contributed by atoms with E-state index < -0.39 is 17.7 Å². The number of carboxylic acids is 1. The number of carboxylic acid groups (broad SMARTS) is 1. The van der Waals surface area contributed by atoms with Gasteiger partial charge in [-0.25, -0.2) is 9.59 Å². The van der Waals surface area contributed by atoms with Crippen molar-refractivity contribution < 1.29 is 19.4 Å². The van der Waals surface area contributed by atoms with Crippen molar-refractivity contribution >= 4 is 17.7 Å². The van der Waals surface area contributed by atoms with Crippen LogP contribution in [-0.4, -0.2) is 34.8 Å². The Hall–Kier alpha value is -2.11. The summed E-state index contributed by atoms with van der Waals surface area (Å²) < 4.78 is 5.15. The molecule has 0 saturated carbocycles. The van der Waals surface area contributed by atoms with E-state index in [0.717, 1.165) is 4.90 Å². The lowest BCUT2D eigenvalue weighted by molar-refractivity contribution is 0.0589. The second-order valence-corrected chi connectivity index (χ2v) is 4.74. The second-order valence-electron chi connectivity index (χ2n) is 4.74. The number of aromatic carboxylic acids is 1.